The summed E-state index contributed by atoms with van der Waals surface area (Å²) >= 11 is 0. The number of rotatable bonds is 6. The zero-order chi connectivity index (χ0) is 14.4. The first-order valence-corrected chi connectivity index (χ1v) is 5.70. The van der Waals surface area contributed by atoms with Crippen LogP contribution in [0.2, 0.25) is 0 Å². The molecular weight excluding hydrogens is 252 g/mol. The van der Waals surface area contributed by atoms with E-state index in [9.17, 15) is 14.9 Å². The van der Waals surface area contributed by atoms with Gasteiger partial charge in [0.1, 0.15) is 6.20 Å². The first kappa shape index (κ1) is 14.6. The Bertz CT molecular complexity index is 476. The Morgan fingerprint density at radius 2 is 2.26 bits per heavy atom. The summed E-state index contributed by atoms with van der Waals surface area (Å²) < 4.78 is 0. The van der Waals surface area contributed by atoms with E-state index in [2.05, 4.69) is 20.6 Å². The summed E-state index contributed by atoms with van der Waals surface area (Å²) in [5, 5.41) is 16.2. The van der Waals surface area contributed by atoms with Crippen LogP contribution >= 0.6 is 0 Å². The molecule has 1 aromatic heterocycles. The molecule has 1 aromatic rings. The molecule has 0 aliphatic rings. The van der Waals surface area contributed by atoms with Crippen LogP contribution in [0.25, 0.3) is 0 Å². The van der Waals surface area contributed by atoms with Crippen LogP contribution in [0.4, 0.5) is 17.5 Å². The molecule has 0 aliphatic carbocycles. The number of anilines is 2. The first-order valence-electron chi connectivity index (χ1n) is 5.70. The normalized spacial score (nSPS) is 10.3. The zero-order valence-electron chi connectivity index (χ0n) is 10.7. The smallest absolute Gasteiger partial charge is 0.329 e. The van der Waals surface area contributed by atoms with Gasteiger partial charge in [-0.1, -0.05) is 0 Å². The highest BCUT2D eigenvalue weighted by Crippen LogP contribution is 2.20. The molecule has 0 bridgehead atoms. The van der Waals surface area contributed by atoms with Crippen LogP contribution < -0.4 is 16.4 Å². The highest BCUT2D eigenvalue weighted by molar-refractivity contribution is 5.76. The van der Waals surface area contributed by atoms with Crippen LogP contribution in [0, 0.1) is 10.1 Å². The van der Waals surface area contributed by atoms with Crippen LogP contribution in [-0.4, -0.2) is 33.4 Å². The van der Waals surface area contributed by atoms with Gasteiger partial charge < -0.3 is 16.4 Å². The summed E-state index contributed by atoms with van der Waals surface area (Å²) in [6.07, 6.45) is 1.21. The van der Waals surface area contributed by atoms with Crippen molar-refractivity contribution >= 4 is 23.4 Å². The topological polar surface area (TPSA) is 136 Å². The van der Waals surface area contributed by atoms with Crippen molar-refractivity contribution < 1.29 is 9.72 Å². The Balaban J connectivity index is 2.60. The Hall–Kier alpha value is -2.45. The van der Waals surface area contributed by atoms with E-state index in [4.69, 9.17) is 5.73 Å². The SMILES string of the molecule is CC(C)NC(=O)CCNc1nc(N)ncc1[N+](=O)[O-]. The van der Waals surface area contributed by atoms with Crippen molar-refractivity contribution in [3.63, 3.8) is 0 Å². The Morgan fingerprint density at radius 3 is 2.84 bits per heavy atom. The van der Waals surface area contributed by atoms with Gasteiger partial charge in [-0.15, -0.1) is 0 Å². The molecule has 0 spiro atoms. The van der Waals surface area contributed by atoms with Crippen molar-refractivity contribution in [3.8, 4) is 0 Å². The van der Waals surface area contributed by atoms with Gasteiger partial charge in [-0.3, -0.25) is 14.9 Å². The predicted octanol–water partition coefficient (Wildman–Crippen LogP) is 0.294. The lowest BCUT2D eigenvalue weighted by molar-refractivity contribution is -0.384. The van der Waals surface area contributed by atoms with E-state index in [-0.39, 0.29) is 42.4 Å². The maximum Gasteiger partial charge on any atom is 0.329 e. The molecule has 0 saturated carbocycles. The molecule has 1 rings (SSSR count). The number of nitrogens with one attached hydrogen (secondary N) is 2. The second-order valence-electron chi connectivity index (χ2n) is 4.12. The lowest BCUT2D eigenvalue weighted by atomic mass is 10.3. The minimum absolute atomic E-state index is 0.00912. The highest BCUT2D eigenvalue weighted by atomic mass is 16.6. The first-order chi connectivity index (χ1) is 8.90. The molecule has 0 unspecified atom stereocenters. The summed E-state index contributed by atoms with van der Waals surface area (Å²) in [5.41, 5.74) is 5.08. The average molecular weight is 268 g/mol. The maximum atomic E-state index is 11.4. The Labute approximate surface area is 109 Å². The molecule has 1 amide bonds. The molecular formula is C10H16N6O3. The van der Waals surface area contributed by atoms with Gasteiger partial charge in [0, 0.05) is 19.0 Å². The van der Waals surface area contributed by atoms with Gasteiger partial charge in [-0.25, -0.2) is 4.98 Å². The van der Waals surface area contributed by atoms with Crippen molar-refractivity contribution in [2.45, 2.75) is 26.3 Å². The van der Waals surface area contributed by atoms with Gasteiger partial charge >= 0.3 is 5.69 Å². The summed E-state index contributed by atoms with van der Waals surface area (Å²) in [6.45, 7) is 3.92. The summed E-state index contributed by atoms with van der Waals surface area (Å²) in [4.78, 5) is 28.8. The summed E-state index contributed by atoms with van der Waals surface area (Å²) in [5.74, 6) is -0.207. The Morgan fingerprint density at radius 1 is 1.58 bits per heavy atom. The number of hydrogen-bond donors (Lipinski definition) is 3. The van der Waals surface area contributed by atoms with E-state index in [0.29, 0.717) is 0 Å². The van der Waals surface area contributed by atoms with E-state index in [1.54, 1.807) is 0 Å². The largest absolute Gasteiger partial charge is 0.368 e. The minimum atomic E-state index is -0.615. The predicted molar refractivity (Wildman–Crippen MR) is 69.5 cm³/mol. The third-order valence-electron chi connectivity index (χ3n) is 2.08. The van der Waals surface area contributed by atoms with E-state index in [1.165, 1.54) is 0 Å². The molecule has 0 aliphatic heterocycles. The molecule has 0 aromatic carbocycles. The van der Waals surface area contributed by atoms with Gasteiger partial charge in [0.25, 0.3) is 0 Å². The fraction of sp³-hybridized carbons (Fsp3) is 0.500. The van der Waals surface area contributed by atoms with Gasteiger partial charge in [0.15, 0.2) is 0 Å². The monoisotopic (exact) mass is 268 g/mol. The number of carbonyl (C=O) groups is 1. The van der Waals surface area contributed by atoms with Crippen molar-refractivity contribution in [2.75, 3.05) is 17.6 Å². The molecule has 0 saturated heterocycles. The number of hydrogen-bond acceptors (Lipinski definition) is 7. The lowest BCUT2D eigenvalue weighted by Crippen LogP contribution is -2.31. The van der Waals surface area contributed by atoms with Crippen molar-refractivity contribution in [1.29, 1.82) is 0 Å². The van der Waals surface area contributed by atoms with Crippen LogP contribution in [-0.2, 0) is 4.79 Å². The number of amides is 1. The second-order valence-corrected chi connectivity index (χ2v) is 4.12. The van der Waals surface area contributed by atoms with Crippen LogP contribution in [0.3, 0.4) is 0 Å². The molecule has 0 atom stereocenters. The molecule has 104 valence electrons. The van der Waals surface area contributed by atoms with Crippen molar-refractivity contribution in [1.82, 2.24) is 15.3 Å². The van der Waals surface area contributed by atoms with Gasteiger partial charge in [-0.2, -0.15) is 4.98 Å². The Kier molecular flexibility index (Phi) is 4.98. The molecule has 1 heterocycles. The number of nitrogen functional groups attached to an aromatic ring is 1. The number of nitrogens with zero attached hydrogens (tertiary/aromatic N) is 3. The third-order valence-corrected chi connectivity index (χ3v) is 2.08. The zero-order valence-corrected chi connectivity index (χ0v) is 10.7. The molecule has 19 heavy (non-hydrogen) atoms. The lowest BCUT2D eigenvalue weighted by Gasteiger charge is -2.09. The third kappa shape index (κ3) is 4.74. The van der Waals surface area contributed by atoms with E-state index >= 15 is 0 Å². The average Bonchev–Trinajstić information content (AvgIpc) is 2.27. The van der Waals surface area contributed by atoms with Gasteiger partial charge in [0.05, 0.1) is 4.92 Å². The number of nitro groups is 1. The van der Waals surface area contributed by atoms with E-state index < -0.39 is 4.92 Å². The van der Waals surface area contributed by atoms with E-state index in [0.717, 1.165) is 6.20 Å². The standard InChI is InChI=1S/C10H16N6O3/c1-6(2)14-8(17)3-4-12-9-7(16(18)19)5-13-10(11)15-9/h5-6H,3-4H2,1-2H3,(H,14,17)(H3,11,12,13,15). The van der Waals surface area contributed by atoms with Crippen LogP contribution in [0.5, 0.6) is 0 Å². The van der Waals surface area contributed by atoms with Gasteiger partial charge in [-0.05, 0) is 13.8 Å². The second kappa shape index (κ2) is 6.47. The molecule has 0 radical (unpaired) electrons. The number of nitrogens with two attached hydrogens (primary N) is 1. The van der Waals surface area contributed by atoms with Crippen molar-refractivity contribution in [3.05, 3.63) is 16.3 Å². The molecule has 9 nitrogen and oxygen atoms in total. The fourth-order valence-electron chi connectivity index (χ4n) is 1.34. The number of carbonyl (C=O) groups excluding carboxylic acids is 1. The minimum Gasteiger partial charge on any atom is -0.368 e. The number of aromatic nitrogens is 2. The molecule has 4 N–H and O–H groups in total. The summed E-state index contributed by atoms with van der Waals surface area (Å²) in [7, 11) is 0. The van der Waals surface area contributed by atoms with Gasteiger partial charge in [0.2, 0.25) is 17.7 Å². The molecule has 9 heteroatoms. The van der Waals surface area contributed by atoms with Crippen molar-refractivity contribution in [2.24, 2.45) is 0 Å². The summed E-state index contributed by atoms with van der Waals surface area (Å²) in [6, 6.07) is 0.0523. The van der Waals surface area contributed by atoms with Crippen LogP contribution in [0.15, 0.2) is 6.20 Å². The fourth-order valence-corrected chi connectivity index (χ4v) is 1.34. The highest BCUT2D eigenvalue weighted by Gasteiger charge is 2.16. The van der Waals surface area contributed by atoms with Crippen LogP contribution in [0.1, 0.15) is 20.3 Å². The van der Waals surface area contributed by atoms with E-state index in [1.807, 2.05) is 13.8 Å². The quantitative estimate of drug-likeness (QED) is 0.498. The maximum absolute atomic E-state index is 11.4. The molecule has 0 fully saturated rings.